The third-order valence-electron chi connectivity index (χ3n) is 5.28. The Labute approximate surface area is 208 Å². The molecule has 0 radical (unpaired) electrons. The predicted octanol–water partition coefficient (Wildman–Crippen LogP) is 4.38. The van der Waals surface area contributed by atoms with Crippen molar-refractivity contribution < 1.29 is 22.7 Å². The number of anilines is 1. The molecule has 0 aliphatic carbocycles. The minimum Gasteiger partial charge on any atom is -0.493 e. The molecule has 3 aromatic rings. The van der Waals surface area contributed by atoms with E-state index in [9.17, 15) is 13.2 Å². The molecule has 0 bridgehead atoms. The normalized spacial score (nSPS) is 14.9. The monoisotopic (exact) mass is 511 g/mol. The summed E-state index contributed by atoms with van der Waals surface area (Å²) in [5.41, 5.74) is 3.03. The maximum Gasteiger partial charge on any atom is 0.280 e. The number of sulfonamides is 1. The summed E-state index contributed by atoms with van der Waals surface area (Å²) in [6.45, 7) is 2.07. The van der Waals surface area contributed by atoms with Crippen LogP contribution in [0.4, 0.5) is 5.69 Å². The maximum absolute atomic E-state index is 13.0. The van der Waals surface area contributed by atoms with Crippen molar-refractivity contribution in [2.45, 2.75) is 18.4 Å². The molecule has 180 valence electrons. The molecule has 1 heterocycles. The molecule has 1 aliphatic heterocycles. The Hall–Kier alpha value is -3.66. The van der Waals surface area contributed by atoms with Crippen LogP contribution in [-0.2, 0) is 21.4 Å². The van der Waals surface area contributed by atoms with E-state index in [1.165, 1.54) is 29.3 Å². The third-order valence-corrected chi connectivity index (χ3v) is 6.46. The quantitative estimate of drug-likeness (QED) is 0.473. The zero-order valence-electron chi connectivity index (χ0n) is 18.9. The molecular weight excluding hydrogens is 490 g/mol. The van der Waals surface area contributed by atoms with Crippen molar-refractivity contribution in [2.75, 3.05) is 12.1 Å². The molecule has 8 nitrogen and oxygen atoms in total. The number of primary sulfonamides is 1. The average molecular weight is 512 g/mol. The number of carbonyl (C=O) groups excluding carboxylic acids is 1. The molecule has 35 heavy (non-hydrogen) atoms. The van der Waals surface area contributed by atoms with Crippen LogP contribution in [0.1, 0.15) is 18.1 Å². The van der Waals surface area contributed by atoms with Gasteiger partial charge in [0.25, 0.3) is 5.91 Å². The fourth-order valence-electron chi connectivity index (χ4n) is 3.44. The van der Waals surface area contributed by atoms with Crippen molar-refractivity contribution in [1.29, 1.82) is 0 Å². The van der Waals surface area contributed by atoms with Crippen LogP contribution < -0.4 is 19.6 Å². The molecule has 0 saturated carbocycles. The van der Waals surface area contributed by atoms with E-state index in [4.69, 9.17) is 26.2 Å². The summed E-state index contributed by atoms with van der Waals surface area (Å²) in [5.74, 6) is 0.737. The van der Waals surface area contributed by atoms with Gasteiger partial charge in [-0.1, -0.05) is 29.8 Å². The highest BCUT2D eigenvalue weighted by Crippen LogP contribution is 2.31. The second kappa shape index (κ2) is 9.91. The summed E-state index contributed by atoms with van der Waals surface area (Å²) in [6, 6.07) is 18.4. The Morgan fingerprint density at radius 2 is 1.71 bits per heavy atom. The number of amides is 1. The first-order valence-electron chi connectivity index (χ1n) is 10.5. The third kappa shape index (κ3) is 5.54. The minimum atomic E-state index is -3.83. The molecule has 0 spiro atoms. The van der Waals surface area contributed by atoms with Gasteiger partial charge in [-0.15, -0.1) is 0 Å². The minimum absolute atomic E-state index is 0.0465. The van der Waals surface area contributed by atoms with Crippen LogP contribution in [0, 0.1) is 0 Å². The largest absolute Gasteiger partial charge is 0.493 e. The Bertz CT molecular complexity index is 1430. The number of halogens is 1. The number of rotatable bonds is 7. The second-order valence-electron chi connectivity index (χ2n) is 7.72. The Morgan fingerprint density at radius 3 is 2.34 bits per heavy atom. The lowest BCUT2D eigenvalue weighted by Gasteiger charge is -2.13. The Kier molecular flexibility index (Phi) is 6.93. The first-order valence-corrected chi connectivity index (χ1v) is 12.4. The zero-order chi connectivity index (χ0) is 25.2. The van der Waals surface area contributed by atoms with Crippen LogP contribution in [0.5, 0.6) is 11.5 Å². The van der Waals surface area contributed by atoms with E-state index in [0.29, 0.717) is 40.1 Å². The number of hydrazone groups is 1. The van der Waals surface area contributed by atoms with Crippen LogP contribution in [0.15, 0.2) is 82.3 Å². The highest BCUT2D eigenvalue weighted by atomic mass is 35.5. The fourth-order valence-corrected chi connectivity index (χ4v) is 4.08. The van der Waals surface area contributed by atoms with E-state index in [1.807, 2.05) is 18.2 Å². The second-order valence-corrected chi connectivity index (χ2v) is 9.72. The lowest BCUT2D eigenvalue weighted by atomic mass is 10.1. The van der Waals surface area contributed by atoms with Crippen molar-refractivity contribution in [3.63, 3.8) is 0 Å². The lowest BCUT2D eigenvalue weighted by molar-refractivity contribution is -0.114. The summed E-state index contributed by atoms with van der Waals surface area (Å²) in [6.07, 6.45) is 1.71. The smallest absolute Gasteiger partial charge is 0.280 e. The molecule has 4 rings (SSSR count). The van der Waals surface area contributed by atoms with Gasteiger partial charge >= 0.3 is 0 Å². The summed E-state index contributed by atoms with van der Waals surface area (Å²) in [4.78, 5) is 13.0. The molecular formula is C25H22ClN3O5S. The van der Waals surface area contributed by atoms with E-state index in [-0.39, 0.29) is 10.8 Å². The topological polar surface area (TPSA) is 111 Å². The lowest BCUT2D eigenvalue weighted by Crippen LogP contribution is -2.21. The zero-order valence-corrected chi connectivity index (χ0v) is 20.5. The Balaban J connectivity index is 1.53. The van der Waals surface area contributed by atoms with Gasteiger partial charge in [0.1, 0.15) is 6.61 Å². The number of benzene rings is 3. The van der Waals surface area contributed by atoms with Gasteiger partial charge in [0.2, 0.25) is 10.0 Å². The molecule has 0 saturated heterocycles. The van der Waals surface area contributed by atoms with E-state index in [1.54, 1.807) is 44.4 Å². The van der Waals surface area contributed by atoms with Crippen molar-refractivity contribution in [3.8, 4) is 11.5 Å². The molecule has 3 aromatic carbocycles. The van der Waals surface area contributed by atoms with Crippen LogP contribution >= 0.6 is 11.6 Å². The molecule has 0 unspecified atom stereocenters. The molecule has 0 atom stereocenters. The predicted molar refractivity (Wildman–Crippen MR) is 135 cm³/mol. The van der Waals surface area contributed by atoms with Crippen LogP contribution in [0.25, 0.3) is 6.08 Å². The average Bonchev–Trinajstić information content (AvgIpc) is 3.12. The molecule has 2 N–H and O–H groups in total. The number of methoxy groups -OCH3 is 1. The molecule has 0 fully saturated rings. The summed E-state index contributed by atoms with van der Waals surface area (Å²) >= 11 is 5.92. The standard InChI is InChI=1S/C25H22ClN3O5S/c1-16-22(25(30)29(28-16)20-8-10-21(11-9-20)35(27,31)32)13-18-5-12-23(24(14-18)33-2)34-15-17-3-6-19(26)7-4-17/h3-14H,15H2,1-2H3,(H2,27,31,32). The van der Waals surface area contributed by atoms with E-state index < -0.39 is 10.0 Å². The number of hydrogen-bond donors (Lipinski definition) is 1. The molecule has 10 heteroatoms. The van der Waals surface area contributed by atoms with E-state index in [0.717, 1.165) is 11.1 Å². The molecule has 1 aliphatic rings. The van der Waals surface area contributed by atoms with E-state index >= 15 is 0 Å². The first kappa shape index (κ1) is 24.5. The highest BCUT2D eigenvalue weighted by molar-refractivity contribution is 7.89. The number of carbonyl (C=O) groups is 1. The summed E-state index contributed by atoms with van der Waals surface area (Å²) in [7, 11) is -2.29. The van der Waals surface area contributed by atoms with Gasteiger partial charge in [-0.2, -0.15) is 10.1 Å². The maximum atomic E-state index is 13.0. The van der Waals surface area contributed by atoms with Crippen LogP contribution in [0.3, 0.4) is 0 Å². The van der Waals surface area contributed by atoms with Crippen molar-refractivity contribution in [1.82, 2.24) is 0 Å². The van der Waals surface area contributed by atoms with Gasteiger partial charge in [-0.05, 0) is 72.7 Å². The SMILES string of the molecule is COc1cc(C=C2C(=O)N(c3ccc(S(N)(=O)=O)cc3)N=C2C)ccc1OCc1ccc(Cl)cc1. The van der Waals surface area contributed by atoms with Crippen molar-refractivity contribution in [3.05, 3.63) is 88.5 Å². The highest BCUT2D eigenvalue weighted by Gasteiger charge is 2.29. The van der Waals surface area contributed by atoms with E-state index in [2.05, 4.69) is 5.10 Å². The van der Waals surface area contributed by atoms with Crippen molar-refractivity contribution in [2.24, 2.45) is 10.2 Å². The molecule has 0 aromatic heterocycles. The van der Waals surface area contributed by atoms with Crippen LogP contribution in [0.2, 0.25) is 5.02 Å². The van der Waals surface area contributed by atoms with Gasteiger partial charge in [-0.25, -0.2) is 13.6 Å². The van der Waals surface area contributed by atoms with Crippen LogP contribution in [-0.4, -0.2) is 27.1 Å². The number of nitrogens with two attached hydrogens (primary N) is 1. The number of ether oxygens (including phenoxy) is 2. The number of hydrogen-bond acceptors (Lipinski definition) is 6. The van der Waals surface area contributed by atoms with Gasteiger partial charge in [-0.3, -0.25) is 4.79 Å². The number of nitrogens with zero attached hydrogens (tertiary/aromatic N) is 2. The first-order chi connectivity index (χ1) is 16.7. The Morgan fingerprint density at radius 1 is 1.03 bits per heavy atom. The van der Waals surface area contributed by atoms with Gasteiger partial charge in [0.15, 0.2) is 11.5 Å². The van der Waals surface area contributed by atoms with Crippen molar-refractivity contribution >= 4 is 45.0 Å². The van der Waals surface area contributed by atoms with Gasteiger partial charge in [0.05, 0.1) is 29.0 Å². The summed E-state index contributed by atoms with van der Waals surface area (Å²) < 4.78 is 34.3. The summed E-state index contributed by atoms with van der Waals surface area (Å²) in [5, 5.41) is 11.3. The molecule has 1 amide bonds. The van der Waals surface area contributed by atoms with Gasteiger partial charge in [0, 0.05) is 5.02 Å². The fraction of sp³-hybridized carbons (Fsp3) is 0.120. The van der Waals surface area contributed by atoms with Gasteiger partial charge < -0.3 is 9.47 Å².